The second-order valence-corrected chi connectivity index (χ2v) is 10.2. The van der Waals surface area contributed by atoms with Crippen molar-refractivity contribution in [1.82, 2.24) is 29.9 Å². The van der Waals surface area contributed by atoms with E-state index >= 15 is 0 Å². The van der Waals surface area contributed by atoms with Crippen molar-refractivity contribution in [2.45, 2.75) is 65.4 Å². The van der Waals surface area contributed by atoms with Crippen LogP contribution in [0.3, 0.4) is 0 Å². The fourth-order valence-electron chi connectivity index (χ4n) is 5.73. The van der Waals surface area contributed by atoms with E-state index in [1.807, 2.05) is 23.6 Å². The van der Waals surface area contributed by atoms with Crippen LogP contribution in [-0.2, 0) is 16.8 Å². The van der Waals surface area contributed by atoms with Crippen LogP contribution in [0.15, 0.2) is 24.4 Å². The molecule has 5 heterocycles. The van der Waals surface area contributed by atoms with Gasteiger partial charge in [-0.15, -0.1) is 0 Å². The predicted molar refractivity (Wildman–Crippen MR) is 133 cm³/mol. The molecule has 190 valence electrons. The minimum absolute atomic E-state index is 0. The Labute approximate surface area is 207 Å². The lowest BCUT2D eigenvalue weighted by atomic mass is 9.97. The zero-order valence-corrected chi connectivity index (χ0v) is 20.4. The fourth-order valence-corrected chi connectivity index (χ4v) is 5.73. The van der Waals surface area contributed by atoms with E-state index in [0.717, 1.165) is 24.3 Å². The van der Waals surface area contributed by atoms with E-state index in [1.54, 1.807) is 31.5 Å². The van der Waals surface area contributed by atoms with Crippen LogP contribution in [0.4, 0.5) is 10.6 Å². The van der Waals surface area contributed by atoms with Gasteiger partial charge < -0.3 is 19.9 Å². The van der Waals surface area contributed by atoms with Crippen LogP contribution in [0.1, 0.15) is 56.9 Å². The summed E-state index contributed by atoms with van der Waals surface area (Å²) in [5.41, 5.74) is 1.41. The normalized spacial score (nSPS) is 27.2. The molecule has 0 saturated carbocycles. The molecule has 3 aliphatic heterocycles. The van der Waals surface area contributed by atoms with Gasteiger partial charge in [0.2, 0.25) is 0 Å². The number of H-pyrrole nitrogens is 1. The van der Waals surface area contributed by atoms with Gasteiger partial charge in [-0.25, -0.2) is 4.79 Å². The van der Waals surface area contributed by atoms with Crippen molar-refractivity contribution in [2.75, 3.05) is 32.1 Å². The van der Waals surface area contributed by atoms with E-state index in [2.05, 4.69) is 39.2 Å². The first kappa shape index (κ1) is 25.1. The van der Waals surface area contributed by atoms with Crippen LogP contribution in [-0.4, -0.2) is 86.8 Å². The van der Waals surface area contributed by atoms with Crippen molar-refractivity contribution >= 4 is 17.8 Å². The molecule has 3 amide bonds. The number of aromatic nitrogens is 3. The largest absolute Gasteiger partial charge is 0.380 e. The number of nitrogens with one attached hydrogen (secondary N) is 2. The molecule has 5 rings (SSSR count). The molecular weight excluding hydrogens is 446 g/mol. The minimum atomic E-state index is -0.583. The number of pyridine rings is 1. The molecule has 2 aromatic heterocycles. The van der Waals surface area contributed by atoms with E-state index in [-0.39, 0.29) is 31.5 Å². The number of fused-ring (bicyclic) bond motifs is 2. The molecule has 1 unspecified atom stereocenters. The monoisotopic (exact) mass is 483 g/mol. The molecule has 10 nitrogen and oxygen atoms in total. The van der Waals surface area contributed by atoms with Crippen molar-refractivity contribution in [2.24, 2.45) is 5.92 Å². The lowest BCUT2D eigenvalue weighted by Gasteiger charge is -2.46. The first-order valence-electron chi connectivity index (χ1n) is 11.9. The standard InChI is InChI=1S/C24H33N7O3.CH4/c1-14-10-29-13-19(34-5)15(2)18(29)12-30(14)23(33)31-11-16-20(24(31,3)4)27-28-21(16)26-22(32)17-8-6-7-9-25-17;/h6-9,14-15,18-19H,10-13H2,1-5H3,(H2,26,27,28,32);1H4/t14-,15?,18+,19+;/m0./s1. The first-order chi connectivity index (χ1) is 16.2. The molecule has 0 aliphatic carbocycles. The first-order valence-corrected chi connectivity index (χ1v) is 11.9. The number of hydrogen-bond donors (Lipinski definition) is 2. The summed E-state index contributed by atoms with van der Waals surface area (Å²) in [5.74, 6) is 0.481. The number of hydrogen-bond acceptors (Lipinski definition) is 6. The van der Waals surface area contributed by atoms with Gasteiger partial charge in [-0.05, 0) is 32.9 Å². The van der Waals surface area contributed by atoms with E-state index in [1.165, 1.54) is 0 Å². The van der Waals surface area contributed by atoms with Gasteiger partial charge in [-0.2, -0.15) is 5.10 Å². The highest BCUT2D eigenvalue weighted by atomic mass is 16.5. The number of piperazine rings is 1. The third-order valence-electron chi connectivity index (χ3n) is 7.87. The van der Waals surface area contributed by atoms with Crippen LogP contribution in [0.5, 0.6) is 0 Å². The zero-order chi connectivity index (χ0) is 24.2. The molecule has 2 fully saturated rings. The van der Waals surface area contributed by atoms with Crippen LogP contribution in [0.25, 0.3) is 0 Å². The number of anilines is 1. The number of carbonyl (C=O) groups excluding carboxylic acids is 2. The number of amides is 3. The van der Waals surface area contributed by atoms with Gasteiger partial charge in [-0.1, -0.05) is 20.4 Å². The minimum Gasteiger partial charge on any atom is -0.380 e. The summed E-state index contributed by atoms with van der Waals surface area (Å²) in [6.07, 6.45) is 1.78. The maximum Gasteiger partial charge on any atom is 0.321 e. The molecule has 2 N–H and O–H groups in total. The molecule has 3 aliphatic rings. The van der Waals surface area contributed by atoms with E-state index in [0.29, 0.717) is 36.6 Å². The number of aromatic amines is 1. The topological polar surface area (TPSA) is 107 Å². The van der Waals surface area contributed by atoms with Crippen LogP contribution < -0.4 is 5.32 Å². The summed E-state index contributed by atoms with van der Waals surface area (Å²) in [7, 11) is 1.77. The Morgan fingerprint density at radius 3 is 2.66 bits per heavy atom. The summed E-state index contributed by atoms with van der Waals surface area (Å²) >= 11 is 0. The second kappa shape index (κ2) is 9.23. The molecule has 0 bridgehead atoms. The summed E-state index contributed by atoms with van der Waals surface area (Å²) in [5, 5.41) is 10.3. The van der Waals surface area contributed by atoms with Gasteiger partial charge in [0, 0.05) is 56.5 Å². The van der Waals surface area contributed by atoms with Crippen LogP contribution in [0, 0.1) is 5.92 Å². The average Bonchev–Trinajstić information content (AvgIpc) is 3.45. The molecule has 0 aromatic carbocycles. The number of urea groups is 1. The molecule has 10 heteroatoms. The number of rotatable bonds is 3. The molecular formula is C25H37N7O3. The van der Waals surface area contributed by atoms with Crippen molar-refractivity contribution in [3.05, 3.63) is 41.3 Å². The van der Waals surface area contributed by atoms with Gasteiger partial charge >= 0.3 is 6.03 Å². The summed E-state index contributed by atoms with van der Waals surface area (Å²) in [6, 6.07) is 5.59. The zero-order valence-electron chi connectivity index (χ0n) is 20.4. The van der Waals surface area contributed by atoms with E-state index in [4.69, 9.17) is 4.74 Å². The highest BCUT2D eigenvalue weighted by Gasteiger charge is 2.49. The highest BCUT2D eigenvalue weighted by Crippen LogP contribution is 2.42. The molecule has 35 heavy (non-hydrogen) atoms. The Morgan fingerprint density at radius 1 is 1.20 bits per heavy atom. The lowest BCUT2D eigenvalue weighted by molar-refractivity contribution is 0.0384. The SMILES string of the molecule is C.CO[C@@H]1CN2C[C@H](C)N(C(=O)N3Cc4c(NC(=O)c5ccccn5)n[nH]c4C3(C)C)C[C@@H]2C1C. The third kappa shape index (κ3) is 4.08. The molecule has 2 aromatic rings. The Morgan fingerprint density at radius 2 is 1.97 bits per heavy atom. The summed E-state index contributed by atoms with van der Waals surface area (Å²) in [6.45, 7) is 11.2. The lowest BCUT2D eigenvalue weighted by Crippen LogP contribution is -2.61. The maximum absolute atomic E-state index is 13.9. The van der Waals surface area contributed by atoms with Gasteiger partial charge in [0.05, 0.1) is 23.9 Å². The van der Waals surface area contributed by atoms with Crippen molar-refractivity contribution in [1.29, 1.82) is 0 Å². The van der Waals surface area contributed by atoms with Crippen LogP contribution >= 0.6 is 0 Å². The summed E-state index contributed by atoms with van der Waals surface area (Å²) < 4.78 is 5.68. The quantitative estimate of drug-likeness (QED) is 0.695. The highest BCUT2D eigenvalue weighted by molar-refractivity contribution is 6.02. The van der Waals surface area contributed by atoms with Gasteiger partial charge in [-0.3, -0.25) is 19.8 Å². The Balaban J connectivity index is 0.00000289. The van der Waals surface area contributed by atoms with Crippen LogP contribution in [0.2, 0.25) is 0 Å². The fraction of sp³-hybridized carbons (Fsp3) is 0.600. The average molecular weight is 484 g/mol. The number of nitrogens with zero attached hydrogens (tertiary/aromatic N) is 5. The smallest absolute Gasteiger partial charge is 0.321 e. The Kier molecular flexibility index (Phi) is 6.63. The molecule has 0 spiro atoms. The van der Waals surface area contributed by atoms with Crippen molar-refractivity contribution in [3.8, 4) is 0 Å². The van der Waals surface area contributed by atoms with Crippen molar-refractivity contribution in [3.63, 3.8) is 0 Å². The summed E-state index contributed by atoms with van der Waals surface area (Å²) in [4.78, 5) is 36.9. The second-order valence-electron chi connectivity index (χ2n) is 10.2. The molecule has 4 atom stereocenters. The molecule has 2 saturated heterocycles. The predicted octanol–water partition coefficient (Wildman–Crippen LogP) is 2.90. The van der Waals surface area contributed by atoms with Gasteiger partial charge in [0.25, 0.3) is 5.91 Å². The number of carbonyl (C=O) groups is 2. The molecule has 0 radical (unpaired) electrons. The van der Waals surface area contributed by atoms with Gasteiger partial charge in [0.15, 0.2) is 5.82 Å². The van der Waals surface area contributed by atoms with Crippen molar-refractivity contribution < 1.29 is 14.3 Å². The third-order valence-corrected chi connectivity index (χ3v) is 7.87. The Hall–Kier alpha value is -2.98. The maximum atomic E-state index is 13.9. The number of methoxy groups -OCH3 is 1. The van der Waals surface area contributed by atoms with Gasteiger partial charge in [0.1, 0.15) is 5.69 Å². The van der Waals surface area contributed by atoms with E-state index in [9.17, 15) is 9.59 Å². The number of ether oxygens (including phenoxy) is 1. The Bertz CT molecular complexity index is 1090. The van der Waals surface area contributed by atoms with E-state index < -0.39 is 5.54 Å².